The van der Waals surface area contributed by atoms with Crippen molar-refractivity contribution in [3.8, 4) is 0 Å². The summed E-state index contributed by atoms with van der Waals surface area (Å²) in [4.78, 5) is 0. The minimum Gasteiger partial charge on any atom is -0.466 e. The Morgan fingerprint density at radius 2 is 1.42 bits per heavy atom. The highest BCUT2D eigenvalue weighted by molar-refractivity contribution is 5.36. The molecule has 0 amide bonds. The minimum absolute atomic E-state index is 0.200. The third-order valence-corrected chi connectivity index (χ3v) is 2.31. The van der Waals surface area contributed by atoms with Gasteiger partial charge in [-0.2, -0.15) is 0 Å². The molecule has 0 aliphatic rings. The van der Waals surface area contributed by atoms with Crippen molar-refractivity contribution in [1.29, 1.82) is 0 Å². The number of furan rings is 1. The van der Waals surface area contributed by atoms with Crippen molar-refractivity contribution in [2.24, 2.45) is 0 Å². The molecule has 0 N–H and O–H groups in total. The van der Waals surface area contributed by atoms with Gasteiger partial charge in [0.2, 0.25) is 0 Å². The minimum atomic E-state index is 0.200. The first-order valence-electron chi connectivity index (χ1n) is 4.41. The summed E-state index contributed by atoms with van der Waals surface area (Å²) < 4.78 is 5.57. The van der Waals surface area contributed by atoms with Crippen molar-refractivity contribution in [2.45, 2.75) is 47.0 Å². The molecule has 0 bridgehead atoms. The molecule has 1 nitrogen and oxygen atoms in total. The molecule has 1 rings (SSSR count). The lowest BCUT2D eigenvalue weighted by Gasteiger charge is -2.18. The molecule has 0 spiro atoms. The molecule has 0 saturated carbocycles. The Kier molecular flexibility index (Phi) is 2.07. The van der Waals surface area contributed by atoms with Crippen LogP contribution in [0.3, 0.4) is 0 Å². The maximum Gasteiger partial charge on any atom is 0.105 e. The molecule has 1 aromatic rings. The monoisotopic (exact) mass is 166 g/mol. The Balaban J connectivity index is 3.32. The SMILES string of the molecule is Cc1oc(C)c(C(C)(C)C)c1C. The summed E-state index contributed by atoms with van der Waals surface area (Å²) in [5.41, 5.74) is 2.87. The fourth-order valence-electron chi connectivity index (χ4n) is 1.89. The van der Waals surface area contributed by atoms with E-state index in [1.807, 2.05) is 13.8 Å². The fourth-order valence-corrected chi connectivity index (χ4v) is 1.89. The van der Waals surface area contributed by atoms with Gasteiger partial charge in [-0.3, -0.25) is 0 Å². The van der Waals surface area contributed by atoms with Crippen LogP contribution >= 0.6 is 0 Å². The Labute approximate surface area is 74.8 Å². The smallest absolute Gasteiger partial charge is 0.105 e. The second-order valence-electron chi connectivity index (χ2n) is 4.46. The van der Waals surface area contributed by atoms with E-state index in [9.17, 15) is 0 Å². The van der Waals surface area contributed by atoms with Crippen LogP contribution in [0.25, 0.3) is 0 Å². The molecule has 1 heterocycles. The van der Waals surface area contributed by atoms with Crippen molar-refractivity contribution in [2.75, 3.05) is 0 Å². The van der Waals surface area contributed by atoms with Crippen LogP contribution in [0.5, 0.6) is 0 Å². The van der Waals surface area contributed by atoms with Crippen LogP contribution in [-0.2, 0) is 5.41 Å². The van der Waals surface area contributed by atoms with Crippen LogP contribution in [0.15, 0.2) is 4.42 Å². The Hall–Kier alpha value is -0.720. The van der Waals surface area contributed by atoms with Gasteiger partial charge in [-0.25, -0.2) is 0 Å². The van der Waals surface area contributed by atoms with E-state index in [1.54, 1.807) is 0 Å². The van der Waals surface area contributed by atoms with Gasteiger partial charge in [0.05, 0.1) is 0 Å². The van der Waals surface area contributed by atoms with Gasteiger partial charge in [0.1, 0.15) is 11.5 Å². The normalized spacial score (nSPS) is 12.2. The van der Waals surface area contributed by atoms with E-state index in [-0.39, 0.29) is 5.41 Å². The largest absolute Gasteiger partial charge is 0.466 e. The zero-order valence-electron chi connectivity index (χ0n) is 8.91. The highest BCUT2D eigenvalue weighted by Crippen LogP contribution is 2.32. The van der Waals surface area contributed by atoms with Gasteiger partial charge >= 0.3 is 0 Å². The predicted molar refractivity (Wildman–Crippen MR) is 51.6 cm³/mol. The van der Waals surface area contributed by atoms with E-state index in [2.05, 4.69) is 27.7 Å². The maximum absolute atomic E-state index is 5.57. The summed E-state index contributed by atoms with van der Waals surface area (Å²) >= 11 is 0. The topological polar surface area (TPSA) is 13.1 Å². The van der Waals surface area contributed by atoms with Crippen LogP contribution in [-0.4, -0.2) is 0 Å². The van der Waals surface area contributed by atoms with Crippen molar-refractivity contribution in [3.05, 3.63) is 22.6 Å². The molecular formula is C11H18O. The zero-order valence-corrected chi connectivity index (χ0v) is 8.91. The molecule has 68 valence electrons. The van der Waals surface area contributed by atoms with E-state index in [1.165, 1.54) is 11.1 Å². The fraction of sp³-hybridized carbons (Fsp3) is 0.636. The Morgan fingerprint density at radius 1 is 0.917 bits per heavy atom. The molecule has 0 atom stereocenters. The highest BCUT2D eigenvalue weighted by atomic mass is 16.3. The molecule has 0 radical (unpaired) electrons. The quantitative estimate of drug-likeness (QED) is 0.575. The number of aryl methyl sites for hydroxylation is 2. The predicted octanol–water partition coefficient (Wildman–Crippen LogP) is 3.50. The van der Waals surface area contributed by atoms with Gasteiger partial charge in [-0.1, -0.05) is 20.8 Å². The Morgan fingerprint density at radius 3 is 1.58 bits per heavy atom. The molecule has 0 unspecified atom stereocenters. The van der Waals surface area contributed by atoms with E-state index >= 15 is 0 Å². The van der Waals surface area contributed by atoms with Crippen molar-refractivity contribution in [1.82, 2.24) is 0 Å². The third kappa shape index (κ3) is 1.40. The highest BCUT2D eigenvalue weighted by Gasteiger charge is 2.22. The van der Waals surface area contributed by atoms with Gasteiger partial charge in [-0.05, 0) is 31.7 Å². The number of rotatable bonds is 0. The zero-order chi connectivity index (χ0) is 9.52. The molecule has 0 saturated heterocycles. The van der Waals surface area contributed by atoms with Crippen LogP contribution in [0, 0.1) is 20.8 Å². The molecule has 0 fully saturated rings. The van der Waals surface area contributed by atoms with Crippen LogP contribution in [0.2, 0.25) is 0 Å². The van der Waals surface area contributed by atoms with E-state index in [0.29, 0.717) is 0 Å². The van der Waals surface area contributed by atoms with Gasteiger partial charge in [0, 0.05) is 5.56 Å². The molecular weight excluding hydrogens is 148 g/mol. The molecule has 1 aromatic heterocycles. The van der Waals surface area contributed by atoms with Crippen LogP contribution in [0.4, 0.5) is 0 Å². The lowest BCUT2D eigenvalue weighted by molar-refractivity contribution is 0.486. The van der Waals surface area contributed by atoms with Gasteiger partial charge in [-0.15, -0.1) is 0 Å². The standard InChI is InChI=1S/C11H18O/c1-7-8(2)12-9(3)10(7)11(4,5)6/h1-6H3. The summed E-state index contributed by atoms with van der Waals surface area (Å²) in [5, 5.41) is 0. The number of hydrogen-bond donors (Lipinski definition) is 0. The first-order valence-corrected chi connectivity index (χ1v) is 4.41. The van der Waals surface area contributed by atoms with E-state index in [4.69, 9.17) is 4.42 Å². The van der Waals surface area contributed by atoms with E-state index in [0.717, 1.165) is 11.5 Å². The Bertz CT molecular complexity index is 287. The molecule has 0 aromatic carbocycles. The lowest BCUT2D eigenvalue weighted by atomic mass is 9.84. The van der Waals surface area contributed by atoms with E-state index < -0.39 is 0 Å². The molecule has 0 aliphatic carbocycles. The summed E-state index contributed by atoms with van der Waals surface area (Å²) in [6, 6.07) is 0. The van der Waals surface area contributed by atoms with Crippen molar-refractivity contribution in [3.63, 3.8) is 0 Å². The van der Waals surface area contributed by atoms with Crippen LogP contribution in [0.1, 0.15) is 43.4 Å². The molecule has 1 heteroatoms. The second kappa shape index (κ2) is 2.65. The second-order valence-corrected chi connectivity index (χ2v) is 4.46. The number of hydrogen-bond acceptors (Lipinski definition) is 1. The van der Waals surface area contributed by atoms with Crippen LogP contribution < -0.4 is 0 Å². The van der Waals surface area contributed by atoms with Crippen molar-refractivity contribution < 1.29 is 4.42 Å². The van der Waals surface area contributed by atoms with Gasteiger partial charge in [0.15, 0.2) is 0 Å². The summed E-state index contributed by atoms with van der Waals surface area (Å²) in [5.74, 6) is 2.12. The van der Waals surface area contributed by atoms with Gasteiger partial charge < -0.3 is 4.42 Å². The lowest BCUT2D eigenvalue weighted by Crippen LogP contribution is -2.12. The summed E-state index contributed by atoms with van der Waals surface area (Å²) in [6.07, 6.45) is 0. The first kappa shape index (κ1) is 9.37. The average Bonchev–Trinajstić information content (AvgIpc) is 2.05. The maximum atomic E-state index is 5.57. The summed E-state index contributed by atoms with van der Waals surface area (Å²) in [6.45, 7) is 12.9. The van der Waals surface area contributed by atoms with Crippen molar-refractivity contribution >= 4 is 0 Å². The average molecular weight is 166 g/mol. The van der Waals surface area contributed by atoms with Gasteiger partial charge in [0.25, 0.3) is 0 Å². The molecule has 12 heavy (non-hydrogen) atoms. The molecule has 0 aliphatic heterocycles. The first-order chi connectivity index (χ1) is 5.34. The third-order valence-electron chi connectivity index (χ3n) is 2.31. The summed E-state index contributed by atoms with van der Waals surface area (Å²) in [7, 11) is 0.